The van der Waals surface area contributed by atoms with Crippen molar-refractivity contribution in [3.63, 3.8) is 0 Å². The van der Waals surface area contributed by atoms with Crippen LogP contribution in [0.3, 0.4) is 0 Å². The number of hydrogen-bond acceptors (Lipinski definition) is 2. The Bertz CT molecular complexity index is 977. The zero-order chi connectivity index (χ0) is 19.6. The largest absolute Gasteiger partial charge is 0.481 e. The van der Waals surface area contributed by atoms with Crippen molar-refractivity contribution in [3.05, 3.63) is 96.8 Å². The predicted molar refractivity (Wildman–Crippen MR) is 112 cm³/mol. The molecule has 1 amide bonds. The second kappa shape index (κ2) is 9.84. The molecular weight excluding hydrogens is 348 g/mol. The Labute approximate surface area is 165 Å². The molecule has 0 fully saturated rings. The molecule has 1 N–H and O–H groups in total. The summed E-state index contributed by atoms with van der Waals surface area (Å²) in [6.07, 6.45) is 6.52. The van der Waals surface area contributed by atoms with E-state index < -0.39 is 0 Å². The van der Waals surface area contributed by atoms with Crippen molar-refractivity contribution < 1.29 is 9.53 Å². The van der Waals surface area contributed by atoms with Gasteiger partial charge in [-0.15, -0.1) is 6.58 Å². The maximum Gasteiger partial charge on any atom is 0.252 e. The molecule has 0 saturated carbocycles. The number of hydrogen-bond donors (Lipinski definition) is 1. The molecule has 4 heteroatoms. The number of carbonyl (C=O) groups excluding carboxylic acids is 1. The average Bonchev–Trinajstić information content (AvgIpc) is 3.27. The number of amides is 1. The van der Waals surface area contributed by atoms with E-state index in [2.05, 4.69) is 23.7 Å². The van der Waals surface area contributed by atoms with Gasteiger partial charge in [0.25, 0.3) is 5.91 Å². The highest BCUT2D eigenvalue weighted by molar-refractivity contribution is 5.94. The summed E-state index contributed by atoms with van der Waals surface area (Å²) in [5, 5.41) is 2.80. The molecule has 0 saturated heterocycles. The summed E-state index contributed by atoms with van der Waals surface area (Å²) in [5.74, 6) is 6.49. The summed E-state index contributed by atoms with van der Waals surface area (Å²) in [4.78, 5) is 12.2. The van der Waals surface area contributed by atoms with Gasteiger partial charge in [-0.1, -0.05) is 36.1 Å². The van der Waals surface area contributed by atoms with Crippen molar-refractivity contribution in [2.45, 2.75) is 6.42 Å². The molecular formula is C24H22N2O2. The lowest BCUT2D eigenvalue weighted by atomic mass is 10.1. The van der Waals surface area contributed by atoms with Gasteiger partial charge >= 0.3 is 0 Å². The first-order valence-corrected chi connectivity index (χ1v) is 9.07. The molecule has 0 radical (unpaired) electrons. The van der Waals surface area contributed by atoms with Crippen LogP contribution in [0.15, 0.2) is 85.7 Å². The predicted octanol–water partition coefficient (Wildman–Crippen LogP) is 4.02. The molecule has 0 aliphatic heterocycles. The van der Waals surface area contributed by atoms with Crippen LogP contribution in [0.4, 0.5) is 0 Å². The van der Waals surface area contributed by atoms with E-state index in [0.29, 0.717) is 5.56 Å². The van der Waals surface area contributed by atoms with Crippen molar-refractivity contribution in [2.24, 2.45) is 0 Å². The fourth-order valence-electron chi connectivity index (χ4n) is 2.71. The Morgan fingerprint density at radius 1 is 1.04 bits per heavy atom. The monoisotopic (exact) mass is 370 g/mol. The normalized spacial score (nSPS) is 9.86. The SMILES string of the molecule is C=CCc1ccccc1OCC#CCNC(=O)c1ccc(-n2cccc2)cc1. The highest BCUT2D eigenvalue weighted by Crippen LogP contribution is 2.18. The van der Waals surface area contributed by atoms with Crippen LogP contribution in [0.2, 0.25) is 0 Å². The minimum absolute atomic E-state index is 0.148. The van der Waals surface area contributed by atoms with Crippen LogP contribution in [0.25, 0.3) is 5.69 Å². The number of carbonyl (C=O) groups is 1. The van der Waals surface area contributed by atoms with Gasteiger partial charge in [0.05, 0.1) is 6.54 Å². The highest BCUT2D eigenvalue weighted by Gasteiger charge is 2.04. The van der Waals surface area contributed by atoms with Crippen LogP contribution in [0.1, 0.15) is 15.9 Å². The van der Waals surface area contributed by atoms with Gasteiger partial charge < -0.3 is 14.6 Å². The van der Waals surface area contributed by atoms with Gasteiger partial charge in [-0.3, -0.25) is 4.79 Å². The summed E-state index contributed by atoms with van der Waals surface area (Å²) in [6, 6.07) is 19.2. The van der Waals surface area contributed by atoms with E-state index in [4.69, 9.17) is 4.74 Å². The maximum atomic E-state index is 12.2. The molecule has 2 aromatic carbocycles. The smallest absolute Gasteiger partial charge is 0.252 e. The lowest BCUT2D eigenvalue weighted by Crippen LogP contribution is -2.23. The molecule has 1 heterocycles. The Morgan fingerprint density at radius 2 is 1.79 bits per heavy atom. The van der Waals surface area contributed by atoms with E-state index >= 15 is 0 Å². The zero-order valence-corrected chi connectivity index (χ0v) is 15.6. The van der Waals surface area contributed by atoms with Gasteiger partial charge in [0.1, 0.15) is 12.4 Å². The number of nitrogens with zero attached hydrogens (tertiary/aromatic N) is 1. The van der Waals surface area contributed by atoms with Gasteiger partial charge in [-0.05, 0) is 54.4 Å². The molecule has 4 nitrogen and oxygen atoms in total. The van der Waals surface area contributed by atoms with E-state index in [1.807, 2.05) is 71.6 Å². The summed E-state index contributed by atoms with van der Waals surface area (Å²) in [5.41, 5.74) is 2.69. The van der Waals surface area contributed by atoms with Crippen molar-refractivity contribution in [2.75, 3.05) is 13.2 Å². The molecule has 0 atom stereocenters. The quantitative estimate of drug-likeness (QED) is 0.504. The number of rotatable bonds is 7. The van der Waals surface area contributed by atoms with Crippen LogP contribution >= 0.6 is 0 Å². The van der Waals surface area contributed by atoms with Crippen molar-refractivity contribution in [3.8, 4) is 23.3 Å². The first-order chi connectivity index (χ1) is 13.8. The van der Waals surface area contributed by atoms with Crippen LogP contribution in [-0.4, -0.2) is 23.6 Å². The fraction of sp³-hybridized carbons (Fsp3) is 0.125. The second-order valence-corrected chi connectivity index (χ2v) is 6.06. The van der Waals surface area contributed by atoms with E-state index in [0.717, 1.165) is 23.4 Å². The van der Waals surface area contributed by atoms with E-state index in [-0.39, 0.29) is 19.1 Å². The molecule has 0 unspecified atom stereocenters. The van der Waals surface area contributed by atoms with E-state index in [1.54, 1.807) is 12.1 Å². The third kappa shape index (κ3) is 5.15. The number of ether oxygens (including phenoxy) is 1. The Balaban J connectivity index is 1.45. The van der Waals surface area contributed by atoms with E-state index in [9.17, 15) is 4.79 Å². The minimum Gasteiger partial charge on any atom is -0.481 e. The fourth-order valence-corrected chi connectivity index (χ4v) is 2.71. The summed E-state index contributed by atoms with van der Waals surface area (Å²) < 4.78 is 7.68. The summed E-state index contributed by atoms with van der Waals surface area (Å²) in [7, 11) is 0. The van der Waals surface area contributed by atoms with Gasteiger partial charge in [-0.2, -0.15) is 0 Å². The summed E-state index contributed by atoms with van der Waals surface area (Å²) in [6.45, 7) is 4.30. The van der Waals surface area contributed by atoms with Crippen LogP contribution < -0.4 is 10.1 Å². The van der Waals surface area contributed by atoms with Gasteiger partial charge in [0, 0.05) is 23.6 Å². The lowest BCUT2D eigenvalue weighted by molar-refractivity contribution is 0.0958. The van der Waals surface area contributed by atoms with Gasteiger partial charge in [-0.25, -0.2) is 0 Å². The van der Waals surface area contributed by atoms with Crippen molar-refractivity contribution in [1.29, 1.82) is 0 Å². The molecule has 0 spiro atoms. The average molecular weight is 370 g/mol. The third-order valence-electron chi connectivity index (χ3n) is 4.13. The second-order valence-electron chi connectivity index (χ2n) is 6.06. The number of allylic oxidation sites excluding steroid dienone is 1. The number of aromatic nitrogens is 1. The third-order valence-corrected chi connectivity index (χ3v) is 4.13. The topological polar surface area (TPSA) is 43.3 Å². The Hall–Kier alpha value is -3.71. The first-order valence-electron chi connectivity index (χ1n) is 9.07. The zero-order valence-electron chi connectivity index (χ0n) is 15.6. The molecule has 140 valence electrons. The molecule has 28 heavy (non-hydrogen) atoms. The molecule has 0 bridgehead atoms. The van der Waals surface area contributed by atoms with Crippen molar-refractivity contribution in [1.82, 2.24) is 9.88 Å². The number of nitrogens with one attached hydrogen (secondary N) is 1. The summed E-state index contributed by atoms with van der Waals surface area (Å²) >= 11 is 0. The van der Waals surface area contributed by atoms with Crippen molar-refractivity contribution >= 4 is 5.91 Å². The lowest BCUT2D eigenvalue weighted by Gasteiger charge is -2.07. The van der Waals surface area contributed by atoms with E-state index in [1.165, 1.54) is 0 Å². The molecule has 3 rings (SSSR count). The Kier molecular flexibility index (Phi) is 6.70. The number of benzene rings is 2. The van der Waals surface area contributed by atoms with Crippen LogP contribution in [0.5, 0.6) is 5.75 Å². The van der Waals surface area contributed by atoms with Crippen LogP contribution in [-0.2, 0) is 6.42 Å². The number of para-hydroxylation sites is 1. The molecule has 1 aromatic heterocycles. The Morgan fingerprint density at radius 3 is 2.54 bits per heavy atom. The molecule has 3 aromatic rings. The van der Waals surface area contributed by atoms with Crippen LogP contribution in [0, 0.1) is 11.8 Å². The molecule has 0 aliphatic carbocycles. The highest BCUT2D eigenvalue weighted by atomic mass is 16.5. The molecule has 0 aliphatic rings. The standard InChI is InChI=1S/C24H22N2O2/c1-2-9-20-10-3-4-11-23(20)28-19-8-5-16-25-24(27)21-12-14-22(15-13-21)26-17-6-7-18-26/h2-4,6-7,10-15,17-18H,1,9,16,19H2,(H,25,27). The minimum atomic E-state index is -0.148. The maximum absolute atomic E-state index is 12.2. The van der Waals surface area contributed by atoms with Gasteiger partial charge in [0.15, 0.2) is 0 Å². The van der Waals surface area contributed by atoms with Gasteiger partial charge in [0.2, 0.25) is 0 Å². The first kappa shape index (κ1) is 19.1.